The van der Waals surface area contributed by atoms with E-state index in [1.807, 2.05) is 0 Å². The molecule has 2 aliphatic heterocycles. The largest absolute Gasteiger partial charge is 0.481 e. The maximum atomic E-state index is 12.7. The molecule has 3 amide bonds. The lowest BCUT2D eigenvalue weighted by Crippen LogP contribution is -2.47. The van der Waals surface area contributed by atoms with E-state index in [1.165, 1.54) is 25.7 Å². The van der Waals surface area contributed by atoms with Crippen molar-refractivity contribution in [1.82, 2.24) is 20.6 Å². The topological polar surface area (TPSA) is 352 Å². The van der Waals surface area contributed by atoms with Crippen LogP contribution < -0.4 is 26.2 Å². The molecule has 3 heterocycles. The average molecular weight is 812 g/mol. The monoisotopic (exact) mass is 811 g/mol. The van der Waals surface area contributed by atoms with Gasteiger partial charge in [-0.2, -0.15) is 16.9 Å². The third-order valence-corrected chi connectivity index (χ3v) is 10.5. The second-order valence-corrected chi connectivity index (χ2v) is 16.4. The van der Waals surface area contributed by atoms with E-state index in [1.54, 1.807) is 0 Å². The highest BCUT2D eigenvalue weighted by molar-refractivity contribution is 7.80. The Hall–Kier alpha value is -2.31. The minimum atomic E-state index is -5.59. The van der Waals surface area contributed by atoms with Gasteiger partial charge in [0, 0.05) is 37.6 Å². The average Bonchev–Trinajstić information content (AvgIpc) is 3.55. The number of nitrogen functional groups attached to an aromatic ring is 1. The van der Waals surface area contributed by atoms with E-state index < -0.39 is 84.6 Å². The number of carbonyl (C=O) groups excluding carboxylic acids is 3. The molecule has 0 saturated carbocycles. The predicted octanol–water partition coefficient (Wildman–Crippen LogP) is -2.06. The molecule has 0 bridgehead atoms. The molecule has 51 heavy (non-hydrogen) atoms. The van der Waals surface area contributed by atoms with Gasteiger partial charge < -0.3 is 55.8 Å². The first-order valence-corrected chi connectivity index (χ1v) is 19.9. The number of carbonyl (C=O) groups is 3. The minimum absolute atomic E-state index is 0.0226. The number of aliphatic hydroxyl groups is 2. The van der Waals surface area contributed by atoms with Crippen molar-refractivity contribution in [3.8, 4) is 0 Å². The number of phosphoric ester groups is 3. The highest BCUT2D eigenvalue weighted by Crippen LogP contribution is 2.61. The summed E-state index contributed by atoms with van der Waals surface area (Å²) in [4.78, 5) is 85.7. The van der Waals surface area contributed by atoms with E-state index in [2.05, 4.69) is 42.1 Å². The number of hydrogen-bond acceptors (Lipinski definition) is 18. The molecular formula is C23H40N7O17P3S. The standard InChI is InChI=1S/C23H40N7O17P3S/c1-12(31)29-11-30(20-15(29)19(24)27-10-28-20)22-16(33)17(46-48(36,37)38)13(45-22)8-43-49(39,40)47-50(41,42)44-9-23(2,3)18(34)21(35)26-5-4-14(32)25-6-7-51/h10,13,16-18,22,33-34,51H,4-9,11H2,1-3H3,(H,25,32)(H,26,35)(H,39,40)(H,41,42)(H2,24,27,28)(H2,36,37,38)/t13-,16-,17-,18+,22-/m1/s1. The van der Waals surface area contributed by atoms with E-state index in [0.717, 1.165) is 11.2 Å². The van der Waals surface area contributed by atoms with Crippen molar-refractivity contribution in [3.63, 3.8) is 0 Å². The number of nitrogens with one attached hydrogen (secondary N) is 2. The Kier molecular flexibility index (Phi) is 14.6. The van der Waals surface area contributed by atoms with E-state index in [-0.39, 0.29) is 42.9 Å². The van der Waals surface area contributed by atoms with Gasteiger partial charge in [-0.3, -0.25) is 32.9 Å². The number of fused-ring (bicyclic) bond motifs is 1. The third-order valence-electron chi connectivity index (χ3n) is 7.20. The normalized spacial score (nSPS) is 23.6. The molecule has 1 aromatic heterocycles. The molecule has 3 rings (SSSR count). The van der Waals surface area contributed by atoms with Gasteiger partial charge in [0.25, 0.3) is 0 Å². The van der Waals surface area contributed by atoms with Crippen LogP contribution in [0.25, 0.3) is 0 Å². The SMILES string of the molecule is CC(=O)N1CN([C@@H]2O[C@H](COP(=O)(O)OP(=O)(O)OCC(C)(C)[C@@H](O)C(=O)NCCC(=O)NCCS)[C@@H](OP(=O)(O)O)[C@H]2O)c2ncnc(N)c21. The highest BCUT2D eigenvalue weighted by Gasteiger charge is 2.53. The Bertz CT molecular complexity index is 1590. The molecule has 0 spiro atoms. The number of aliphatic hydroxyl groups excluding tert-OH is 2. The van der Waals surface area contributed by atoms with Gasteiger partial charge in [-0.25, -0.2) is 23.7 Å². The summed E-state index contributed by atoms with van der Waals surface area (Å²) in [6.07, 6.45) is -8.17. The number of thiol groups is 1. The zero-order chi connectivity index (χ0) is 38.5. The molecule has 0 aromatic carbocycles. The van der Waals surface area contributed by atoms with Crippen LogP contribution in [0.1, 0.15) is 27.2 Å². The number of nitrogens with zero attached hydrogens (tertiary/aromatic N) is 4. The summed E-state index contributed by atoms with van der Waals surface area (Å²) < 4.78 is 61.0. The van der Waals surface area contributed by atoms with E-state index in [0.29, 0.717) is 12.3 Å². The number of hydrogen-bond donors (Lipinski definition) is 10. The number of nitrogens with two attached hydrogens (primary N) is 1. The Morgan fingerprint density at radius 1 is 1.12 bits per heavy atom. The van der Waals surface area contributed by atoms with Crippen molar-refractivity contribution in [2.24, 2.45) is 5.41 Å². The molecule has 7 atom stereocenters. The molecule has 2 aliphatic rings. The summed E-state index contributed by atoms with van der Waals surface area (Å²) in [6, 6.07) is 0. The fraction of sp³-hybridized carbons (Fsp3) is 0.696. The second-order valence-electron chi connectivity index (χ2n) is 11.7. The van der Waals surface area contributed by atoms with Crippen molar-refractivity contribution in [3.05, 3.63) is 6.33 Å². The fourth-order valence-corrected chi connectivity index (χ4v) is 7.65. The third kappa shape index (κ3) is 11.8. The Morgan fingerprint density at radius 3 is 2.37 bits per heavy atom. The molecule has 24 nitrogen and oxygen atoms in total. The van der Waals surface area contributed by atoms with Crippen LogP contribution >= 0.6 is 36.1 Å². The van der Waals surface area contributed by atoms with Gasteiger partial charge in [-0.1, -0.05) is 13.8 Å². The minimum Gasteiger partial charge on any atom is -0.386 e. The second kappa shape index (κ2) is 17.2. The Labute approximate surface area is 295 Å². The number of amides is 3. The maximum absolute atomic E-state index is 12.7. The Balaban J connectivity index is 1.64. The predicted molar refractivity (Wildman–Crippen MR) is 175 cm³/mol. The number of ether oxygens (including phenoxy) is 1. The summed E-state index contributed by atoms with van der Waals surface area (Å²) in [5.41, 5.74) is 4.34. The lowest BCUT2D eigenvalue weighted by atomic mass is 9.87. The van der Waals surface area contributed by atoms with E-state index in [4.69, 9.17) is 19.5 Å². The maximum Gasteiger partial charge on any atom is 0.481 e. The summed E-state index contributed by atoms with van der Waals surface area (Å²) in [5.74, 6) is -1.60. The van der Waals surface area contributed by atoms with Crippen molar-refractivity contribution in [2.75, 3.05) is 54.3 Å². The van der Waals surface area contributed by atoms with Gasteiger partial charge in [-0.05, 0) is 0 Å². The molecular weight excluding hydrogens is 771 g/mol. The molecule has 28 heteroatoms. The zero-order valence-corrected chi connectivity index (χ0v) is 30.8. The van der Waals surface area contributed by atoms with Crippen LogP contribution in [0.4, 0.5) is 17.3 Å². The van der Waals surface area contributed by atoms with Crippen molar-refractivity contribution in [2.45, 2.75) is 57.8 Å². The van der Waals surface area contributed by atoms with Crippen LogP contribution in [0.5, 0.6) is 0 Å². The van der Waals surface area contributed by atoms with E-state index >= 15 is 0 Å². The Morgan fingerprint density at radius 2 is 1.76 bits per heavy atom. The first kappa shape index (κ1) is 43.1. The fourth-order valence-electron chi connectivity index (χ4n) is 4.71. The quantitative estimate of drug-likeness (QED) is 0.0563. The van der Waals surface area contributed by atoms with Crippen LogP contribution in [0, 0.1) is 5.41 Å². The molecule has 290 valence electrons. The molecule has 1 saturated heterocycles. The number of aromatic nitrogens is 2. The summed E-state index contributed by atoms with van der Waals surface area (Å²) in [5, 5.41) is 26.3. The lowest BCUT2D eigenvalue weighted by Gasteiger charge is -2.30. The molecule has 1 aromatic rings. The number of rotatable bonds is 18. The highest BCUT2D eigenvalue weighted by atomic mass is 32.1. The van der Waals surface area contributed by atoms with Crippen LogP contribution in [0.3, 0.4) is 0 Å². The van der Waals surface area contributed by atoms with Gasteiger partial charge in [0.05, 0.1) is 13.2 Å². The lowest BCUT2D eigenvalue weighted by molar-refractivity contribution is -0.137. The van der Waals surface area contributed by atoms with Crippen molar-refractivity contribution >= 4 is 71.1 Å². The number of anilines is 3. The number of phosphoric acid groups is 3. The van der Waals surface area contributed by atoms with Crippen molar-refractivity contribution in [1.29, 1.82) is 0 Å². The van der Waals surface area contributed by atoms with Gasteiger partial charge >= 0.3 is 23.5 Å². The molecule has 10 N–H and O–H groups in total. The summed E-state index contributed by atoms with van der Waals surface area (Å²) in [6.45, 7) is 1.49. The molecule has 2 unspecified atom stereocenters. The molecule has 0 radical (unpaired) electrons. The van der Waals surface area contributed by atoms with E-state index in [9.17, 15) is 57.9 Å². The smallest absolute Gasteiger partial charge is 0.386 e. The summed E-state index contributed by atoms with van der Waals surface area (Å²) in [7, 11) is -16.4. The van der Waals surface area contributed by atoms with Crippen molar-refractivity contribution < 1.29 is 80.5 Å². The summed E-state index contributed by atoms with van der Waals surface area (Å²) >= 11 is 3.95. The van der Waals surface area contributed by atoms with Gasteiger partial charge in [-0.15, -0.1) is 0 Å². The van der Waals surface area contributed by atoms with Gasteiger partial charge in [0.2, 0.25) is 17.7 Å². The van der Waals surface area contributed by atoms with Crippen LogP contribution in [-0.2, 0) is 50.7 Å². The molecule has 1 fully saturated rings. The molecule has 0 aliphatic carbocycles. The van der Waals surface area contributed by atoms with Gasteiger partial charge in [0.1, 0.15) is 43.1 Å². The van der Waals surface area contributed by atoms with Crippen LogP contribution in [0.15, 0.2) is 6.33 Å². The van der Waals surface area contributed by atoms with Crippen LogP contribution in [-0.4, -0.2) is 127 Å². The van der Waals surface area contributed by atoms with Gasteiger partial charge in [0.15, 0.2) is 17.9 Å². The first-order chi connectivity index (χ1) is 23.5. The first-order valence-electron chi connectivity index (χ1n) is 14.7. The van der Waals surface area contributed by atoms with Crippen LogP contribution in [0.2, 0.25) is 0 Å². The zero-order valence-electron chi connectivity index (χ0n) is 27.2.